The number of β-lactam (4-membered cyclic amide) rings is 1. The van der Waals surface area contributed by atoms with Gasteiger partial charge in [-0.2, -0.15) is 0 Å². The molecule has 1 aromatic rings. The average Bonchev–Trinajstić information content (AvgIpc) is 2.51. The van der Waals surface area contributed by atoms with Crippen LogP contribution in [0.4, 0.5) is 5.69 Å². The van der Waals surface area contributed by atoms with Crippen LogP contribution < -0.4 is 9.64 Å². The molecule has 0 saturated carbocycles. The van der Waals surface area contributed by atoms with Crippen molar-refractivity contribution in [3.63, 3.8) is 0 Å². The second kappa shape index (κ2) is 5.79. The molecular weight excluding hydrogens is 286 g/mol. The van der Waals surface area contributed by atoms with Crippen molar-refractivity contribution in [2.45, 2.75) is 26.8 Å². The Kier molecular flexibility index (Phi) is 4.21. The van der Waals surface area contributed by atoms with Crippen molar-refractivity contribution >= 4 is 23.3 Å². The van der Waals surface area contributed by atoms with E-state index < -0.39 is 29.1 Å². The van der Waals surface area contributed by atoms with E-state index in [0.717, 1.165) is 0 Å². The van der Waals surface area contributed by atoms with Gasteiger partial charge in [0.2, 0.25) is 5.78 Å². The Balaban J connectivity index is 2.31. The third-order valence-electron chi connectivity index (χ3n) is 3.77. The molecule has 1 amide bonds. The number of carbonyl (C=O) groups excluding carboxylic acids is 3. The molecule has 1 aliphatic heterocycles. The van der Waals surface area contributed by atoms with E-state index >= 15 is 0 Å². The largest absolute Gasteiger partial charge is 0.497 e. The number of Topliss-reactive ketones (excluding diaryl/α,β-unsaturated/α-hetero) is 1. The summed E-state index contributed by atoms with van der Waals surface area (Å²) in [6, 6.07) is 5.89. The van der Waals surface area contributed by atoms with Crippen molar-refractivity contribution in [2.75, 3.05) is 18.6 Å². The lowest BCUT2D eigenvalue weighted by molar-refractivity contribution is -0.160. The summed E-state index contributed by atoms with van der Waals surface area (Å²) in [5.74, 6) is -1.05. The molecule has 0 radical (unpaired) electrons. The van der Waals surface area contributed by atoms with Crippen LogP contribution in [-0.2, 0) is 19.1 Å². The van der Waals surface area contributed by atoms with Gasteiger partial charge in [-0.1, -0.05) is 0 Å². The van der Waals surface area contributed by atoms with E-state index in [1.807, 2.05) is 0 Å². The zero-order valence-electron chi connectivity index (χ0n) is 13.1. The summed E-state index contributed by atoms with van der Waals surface area (Å²) >= 11 is 0. The normalized spacial score (nSPS) is 18.0. The van der Waals surface area contributed by atoms with Crippen molar-refractivity contribution in [3.8, 4) is 5.75 Å². The molecule has 0 unspecified atom stereocenters. The van der Waals surface area contributed by atoms with E-state index in [2.05, 4.69) is 0 Å². The van der Waals surface area contributed by atoms with Gasteiger partial charge in [-0.3, -0.25) is 19.3 Å². The third-order valence-corrected chi connectivity index (χ3v) is 3.77. The molecule has 0 bridgehead atoms. The smallest absolute Gasteiger partial charge is 0.314 e. The number of hydrogen-bond acceptors (Lipinski definition) is 5. The van der Waals surface area contributed by atoms with E-state index in [4.69, 9.17) is 9.47 Å². The SMILES string of the molecule is CCOC(=O)C(C)(C)[C@H]1C(=O)C(=O)N1c1ccc(OC)cc1. The highest BCUT2D eigenvalue weighted by atomic mass is 16.5. The second-order valence-corrected chi connectivity index (χ2v) is 5.58. The Morgan fingerprint density at radius 1 is 1.23 bits per heavy atom. The van der Waals surface area contributed by atoms with E-state index in [0.29, 0.717) is 11.4 Å². The summed E-state index contributed by atoms with van der Waals surface area (Å²) in [5.41, 5.74) is -0.561. The molecule has 2 rings (SSSR count). The van der Waals surface area contributed by atoms with E-state index in [-0.39, 0.29) is 6.61 Å². The van der Waals surface area contributed by atoms with Crippen molar-refractivity contribution in [3.05, 3.63) is 24.3 Å². The summed E-state index contributed by atoms with van der Waals surface area (Å²) in [4.78, 5) is 37.4. The number of amides is 1. The standard InChI is InChI=1S/C16H19NO5/c1-5-22-15(20)16(2,3)13-12(18)14(19)17(13)10-6-8-11(21-4)9-7-10/h6-9,13H,5H2,1-4H3/t13-/m1/s1. The summed E-state index contributed by atoms with van der Waals surface area (Å²) in [6.45, 7) is 5.13. The quantitative estimate of drug-likeness (QED) is 0.469. The van der Waals surface area contributed by atoms with Crippen molar-refractivity contribution in [2.24, 2.45) is 5.41 Å². The first kappa shape index (κ1) is 16.0. The number of benzene rings is 1. The topological polar surface area (TPSA) is 72.9 Å². The van der Waals surface area contributed by atoms with Crippen LogP contribution in [-0.4, -0.2) is 37.4 Å². The molecule has 0 spiro atoms. The van der Waals surface area contributed by atoms with Crippen molar-refractivity contribution in [1.82, 2.24) is 0 Å². The Morgan fingerprint density at radius 3 is 2.32 bits per heavy atom. The monoisotopic (exact) mass is 305 g/mol. The van der Waals surface area contributed by atoms with Gasteiger partial charge < -0.3 is 9.47 Å². The summed E-state index contributed by atoms with van der Waals surface area (Å²) in [7, 11) is 1.54. The number of ether oxygens (including phenoxy) is 2. The third kappa shape index (κ3) is 2.45. The molecule has 0 aromatic heterocycles. The Hall–Kier alpha value is -2.37. The van der Waals surface area contributed by atoms with Gasteiger partial charge in [0.1, 0.15) is 11.8 Å². The van der Waals surface area contributed by atoms with Gasteiger partial charge in [-0.15, -0.1) is 0 Å². The Bertz CT molecular complexity index is 605. The molecule has 0 N–H and O–H groups in total. The maximum Gasteiger partial charge on any atom is 0.314 e. The van der Waals surface area contributed by atoms with Gasteiger partial charge in [0, 0.05) is 5.69 Å². The fourth-order valence-electron chi connectivity index (χ4n) is 2.49. The molecule has 1 atom stereocenters. The molecule has 1 saturated heterocycles. The highest BCUT2D eigenvalue weighted by Gasteiger charge is 2.58. The van der Waals surface area contributed by atoms with Gasteiger partial charge in [0.15, 0.2) is 0 Å². The number of rotatable bonds is 5. The minimum Gasteiger partial charge on any atom is -0.497 e. The maximum absolute atomic E-state index is 12.1. The van der Waals surface area contributed by atoms with Crippen LogP contribution in [0, 0.1) is 5.41 Å². The van der Waals surface area contributed by atoms with Crippen LogP contribution in [0.1, 0.15) is 20.8 Å². The molecule has 1 aliphatic rings. The van der Waals surface area contributed by atoms with Crippen LogP contribution in [0.3, 0.4) is 0 Å². The van der Waals surface area contributed by atoms with Gasteiger partial charge in [0.05, 0.1) is 19.1 Å². The number of hydrogen-bond donors (Lipinski definition) is 0. The summed E-state index contributed by atoms with van der Waals surface area (Å²) in [6.07, 6.45) is 0. The van der Waals surface area contributed by atoms with Crippen LogP contribution >= 0.6 is 0 Å². The Morgan fingerprint density at radius 2 is 1.82 bits per heavy atom. The first-order valence-corrected chi connectivity index (χ1v) is 7.03. The summed E-state index contributed by atoms with van der Waals surface area (Å²) in [5, 5.41) is 0. The van der Waals surface area contributed by atoms with E-state index in [1.165, 1.54) is 4.90 Å². The first-order chi connectivity index (χ1) is 10.3. The fraction of sp³-hybridized carbons (Fsp3) is 0.438. The fourth-order valence-corrected chi connectivity index (χ4v) is 2.49. The van der Waals surface area contributed by atoms with E-state index in [1.54, 1.807) is 52.1 Å². The van der Waals surface area contributed by atoms with E-state index in [9.17, 15) is 14.4 Å². The van der Waals surface area contributed by atoms with Gasteiger partial charge in [0.25, 0.3) is 5.91 Å². The average molecular weight is 305 g/mol. The predicted molar refractivity (Wildman–Crippen MR) is 79.7 cm³/mol. The number of carbonyl (C=O) groups is 3. The zero-order valence-corrected chi connectivity index (χ0v) is 13.1. The minimum atomic E-state index is -1.11. The molecule has 6 heteroatoms. The van der Waals surface area contributed by atoms with Crippen LogP contribution in [0.15, 0.2) is 24.3 Å². The molecule has 1 heterocycles. The van der Waals surface area contributed by atoms with Gasteiger partial charge in [-0.05, 0) is 45.0 Å². The lowest BCUT2D eigenvalue weighted by atomic mass is 9.75. The molecular formula is C16H19NO5. The molecule has 1 fully saturated rings. The van der Waals surface area contributed by atoms with Crippen molar-refractivity contribution < 1.29 is 23.9 Å². The Labute approximate surface area is 129 Å². The second-order valence-electron chi connectivity index (χ2n) is 5.58. The van der Waals surface area contributed by atoms with Crippen LogP contribution in [0.2, 0.25) is 0 Å². The van der Waals surface area contributed by atoms with Crippen molar-refractivity contribution in [1.29, 1.82) is 0 Å². The number of esters is 1. The number of anilines is 1. The molecule has 1 aromatic carbocycles. The highest BCUT2D eigenvalue weighted by Crippen LogP contribution is 2.38. The zero-order chi connectivity index (χ0) is 16.5. The van der Waals surface area contributed by atoms with Gasteiger partial charge >= 0.3 is 5.97 Å². The highest BCUT2D eigenvalue weighted by molar-refractivity contribution is 6.52. The number of methoxy groups -OCH3 is 1. The molecule has 6 nitrogen and oxygen atoms in total. The van der Waals surface area contributed by atoms with Crippen LogP contribution in [0.5, 0.6) is 5.75 Å². The summed E-state index contributed by atoms with van der Waals surface area (Å²) < 4.78 is 10.1. The number of nitrogens with zero attached hydrogens (tertiary/aromatic N) is 1. The lowest BCUT2D eigenvalue weighted by Crippen LogP contribution is -2.69. The van der Waals surface area contributed by atoms with Gasteiger partial charge in [-0.25, -0.2) is 0 Å². The predicted octanol–water partition coefficient (Wildman–Crippen LogP) is 1.57. The minimum absolute atomic E-state index is 0.222. The van der Waals surface area contributed by atoms with Crippen LogP contribution in [0.25, 0.3) is 0 Å². The molecule has 0 aliphatic carbocycles. The molecule has 22 heavy (non-hydrogen) atoms. The number of ketones is 1. The first-order valence-electron chi connectivity index (χ1n) is 7.03. The maximum atomic E-state index is 12.1. The lowest BCUT2D eigenvalue weighted by Gasteiger charge is -2.45. The molecule has 118 valence electrons.